The number of aliphatic imine (C=N–C) groups is 1. The Morgan fingerprint density at radius 1 is 1.47 bits per heavy atom. The number of nitrogens with one attached hydrogen (secondary N) is 1. The van der Waals surface area contributed by atoms with E-state index in [9.17, 15) is 32.1 Å². The van der Waals surface area contributed by atoms with Crippen molar-refractivity contribution in [3.05, 3.63) is 39.7 Å². The van der Waals surface area contributed by atoms with E-state index in [1.165, 1.54) is 0 Å². The molecule has 32 heavy (non-hydrogen) atoms. The highest BCUT2D eigenvalue weighted by Crippen LogP contribution is 2.44. The summed E-state index contributed by atoms with van der Waals surface area (Å²) in [5.41, 5.74) is -3.86. The molecule has 2 aliphatic heterocycles. The van der Waals surface area contributed by atoms with Gasteiger partial charge in [-0.2, -0.15) is 0 Å². The summed E-state index contributed by atoms with van der Waals surface area (Å²) in [7, 11) is -3.39. The first kappa shape index (κ1) is 23.8. The Labute approximate surface area is 182 Å². The number of alkyl halides is 1. The molecule has 14 heteroatoms. The number of hydrogen-bond acceptors (Lipinski definition) is 7. The zero-order valence-corrected chi connectivity index (χ0v) is 18.5. The standard InChI is InChI=1S/C18H22F2N4O7S/c1-17(2,3)31-16(25)21-15-22-18(11-7-10(24(26)27)5-6-12(11)20)9-30-13(8-19)14(18)32(28,29)23(15)4/h5-7,13-14H,8-9H2,1-4H3,(H,21,22,25)/t13-,14-,18-/m1/s1. The maximum Gasteiger partial charge on any atom is 0.437 e. The number of nitro groups is 1. The van der Waals surface area contributed by atoms with Crippen LogP contribution >= 0.6 is 0 Å². The van der Waals surface area contributed by atoms with Crippen LogP contribution < -0.4 is 5.32 Å². The van der Waals surface area contributed by atoms with Gasteiger partial charge in [0.1, 0.15) is 35.0 Å². The summed E-state index contributed by atoms with van der Waals surface area (Å²) in [6.45, 7) is 2.96. The van der Waals surface area contributed by atoms with E-state index < -0.39 is 79.8 Å². The third-order valence-corrected chi connectivity index (χ3v) is 7.35. The van der Waals surface area contributed by atoms with Gasteiger partial charge < -0.3 is 14.8 Å². The van der Waals surface area contributed by atoms with Gasteiger partial charge >= 0.3 is 6.09 Å². The zero-order valence-electron chi connectivity index (χ0n) is 17.7. The van der Waals surface area contributed by atoms with Crippen LogP contribution in [0, 0.1) is 15.9 Å². The number of carbonyl (C=O) groups is 1. The number of nitrogens with zero attached hydrogens (tertiary/aromatic N) is 3. The van der Waals surface area contributed by atoms with Crippen molar-refractivity contribution in [2.24, 2.45) is 4.99 Å². The van der Waals surface area contributed by atoms with Gasteiger partial charge in [-0.15, -0.1) is 4.99 Å². The number of sulfonamides is 1. The van der Waals surface area contributed by atoms with Crippen molar-refractivity contribution in [1.29, 1.82) is 0 Å². The first-order valence-corrected chi connectivity index (χ1v) is 10.9. The molecule has 0 spiro atoms. The molecule has 1 N–H and O–H groups in total. The van der Waals surface area contributed by atoms with Gasteiger partial charge in [-0.05, 0) is 26.8 Å². The van der Waals surface area contributed by atoms with Crippen molar-refractivity contribution >= 4 is 27.8 Å². The molecular formula is C18H22F2N4O7S. The first-order valence-electron chi connectivity index (χ1n) is 9.42. The van der Waals surface area contributed by atoms with Crippen molar-refractivity contribution in [3.8, 4) is 0 Å². The summed E-state index contributed by atoms with van der Waals surface area (Å²) in [5.74, 6) is -1.50. The van der Waals surface area contributed by atoms with E-state index in [0.29, 0.717) is 4.31 Å². The number of amides is 1. The molecule has 2 heterocycles. The number of hydrogen-bond donors (Lipinski definition) is 1. The highest BCUT2D eigenvalue weighted by molar-refractivity contribution is 7.90. The van der Waals surface area contributed by atoms with Crippen molar-refractivity contribution < 1.29 is 36.4 Å². The van der Waals surface area contributed by atoms with Crippen LogP contribution in [-0.2, 0) is 25.0 Å². The summed E-state index contributed by atoms with van der Waals surface area (Å²) < 4.78 is 66.2. The molecule has 2 aliphatic rings. The minimum Gasteiger partial charge on any atom is -0.442 e. The van der Waals surface area contributed by atoms with Gasteiger partial charge in [0, 0.05) is 24.7 Å². The first-order chi connectivity index (χ1) is 14.7. The largest absolute Gasteiger partial charge is 0.442 e. The van der Waals surface area contributed by atoms with Crippen LogP contribution in [0.4, 0.5) is 19.3 Å². The molecule has 0 unspecified atom stereocenters. The Kier molecular flexibility index (Phi) is 5.89. The van der Waals surface area contributed by atoms with E-state index in [0.717, 1.165) is 25.2 Å². The Morgan fingerprint density at radius 2 is 2.12 bits per heavy atom. The van der Waals surface area contributed by atoms with Crippen molar-refractivity contribution in [2.45, 2.75) is 43.3 Å². The summed E-state index contributed by atoms with van der Waals surface area (Å²) in [6, 6.07) is 2.57. The smallest absolute Gasteiger partial charge is 0.437 e. The van der Waals surface area contributed by atoms with Gasteiger partial charge in [0.15, 0.2) is 0 Å². The lowest BCUT2D eigenvalue weighted by Crippen LogP contribution is -2.68. The molecule has 1 amide bonds. The molecule has 0 saturated carbocycles. The molecule has 3 rings (SSSR count). The SMILES string of the molecule is CN1/C(=N\C(=O)OC(C)(C)C)N[C@@]2(c3cc([N+](=O)[O-])ccc3F)CO[C@H](CF)[C@H]2S1(=O)=O. The number of carbonyl (C=O) groups excluding carboxylic acids is 1. The molecule has 0 bridgehead atoms. The summed E-state index contributed by atoms with van der Waals surface area (Å²) in [6.07, 6.45) is -2.62. The van der Waals surface area contributed by atoms with Gasteiger partial charge in [-0.3, -0.25) is 10.1 Å². The maximum atomic E-state index is 14.9. The van der Waals surface area contributed by atoms with Crippen LogP contribution in [0.25, 0.3) is 0 Å². The van der Waals surface area contributed by atoms with Crippen LogP contribution in [-0.4, -0.2) is 67.0 Å². The van der Waals surface area contributed by atoms with Crippen LogP contribution in [0.3, 0.4) is 0 Å². The number of nitro benzene ring substituents is 1. The lowest BCUT2D eigenvalue weighted by molar-refractivity contribution is -0.385. The number of guanidine groups is 1. The molecular weight excluding hydrogens is 454 g/mol. The van der Waals surface area contributed by atoms with Gasteiger partial charge in [-0.25, -0.2) is 26.3 Å². The highest BCUT2D eigenvalue weighted by Gasteiger charge is 2.63. The van der Waals surface area contributed by atoms with Crippen LogP contribution in [0.15, 0.2) is 23.2 Å². The van der Waals surface area contributed by atoms with E-state index in [2.05, 4.69) is 10.3 Å². The molecule has 0 aromatic heterocycles. The van der Waals surface area contributed by atoms with Crippen LogP contribution in [0.1, 0.15) is 26.3 Å². The van der Waals surface area contributed by atoms with E-state index in [1.54, 1.807) is 20.8 Å². The van der Waals surface area contributed by atoms with Gasteiger partial charge in [0.05, 0.1) is 11.5 Å². The number of halogens is 2. The summed E-state index contributed by atoms with van der Waals surface area (Å²) in [4.78, 5) is 26.3. The van der Waals surface area contributed by atoms with E-state index >= 15 is 0 Å². The maximum absolute atomic E-state index is 14.9. The number of rotatable bonds is 3. The molecule has 176 valence electrons. The minimum absolute atomic E-state index is 0.429. The van der Waals surface area contributed by atoms with E-state index in [-0.39, 0.29) is 0 Å². The molecule has 2 saturated heterocycles. The number of benzene rings is 1. The van der Waals surface area contributed by atoms with Gasteiger partial charge in [0.25, 0.3) is 5.69 Å². The Hall–Kier alpha value is -2.87. The van der Waals surface area contributed by atoms with Gasteiger partial charge in [-0.1, -0.05) is 0 Å². The van der Waals surface area contributed by atoms with Gasteiger partial charge in [0.2, 0.25) is 16.0 Å². The van der Waals surface area contributed by atoms with Crippen molar-refractivity contribution in [3.63, 3.8) is 0 Å². The van der Waals surface area contributed by atoms with Crippen LogP contribution in [0.5, 0.6) is 0 Å². The highest BCUT2D eigenvalue weighted by atomic mass is 32.2. The quantitative estimate of drug-likeness (QED) is 0.515. The fraction of sp³-hybridized carbons (Fsp3) is 0.556. The molecule has 1 aromatic carbocycles. The molecule has 11 nitrogen and oxygen atoms in total. The monoisotopic (exact) mass is 476 g/mol. The number of ether oxygens (including phenoxy) is 2. The Bertz CT molecular complexity index is 1090. The fourth-order valence-corrected chi connectivity index (χ4v) is 5.68. The second-order valence-corrected chi connectivity index (χ2v) is 10.5. The predicted octanol–water partition coefficient (Wildman–Crippen LogP) is 1.82. The number of non-ortho nitro benzene ring substituents is 1. The second-order valence-electron chi connectivity index (χ2n) is 8.37. The lowest BCUT2D eigenvalue weighted by atomic mass is 9.86. The average Bonchev–Trinajstić information content (AvgIpc) is 3.05. The topological polar surface area (TPSA) is 140 Å². The molecule has 2 fully saturated rings. The second kappa shape index (κ2) is 7.92. The summed E-state index contributed by atoms with van der Waals surface area (Å²) in [5, 5.41) is 12.2. The fourth-order valence-electron chi connectivity index (χ4n) is 3.71. The van der Waals surface area contributed by atoms with E-state index in [4.69, 9.17) is 9.47 Å². The average molecular weight is 476 g/mol. The van der Waals surface area contributed by atoms with E-state index in [1.807, 2.05) is 0 Å². The van der Waals surface area contributed by atoms with Crippen molar-refractivity contribution in [2.75, 3.05) is 20.3 Å². The molecule has 0 aliphatic carbocycles. The molecule has 0 radical (unpaired) electrons. The summed E-state index contributed by atoms with van der Waals surface area (Å²) >= 11 is 0. The minimum atomic E-state index is -4.46. The Morgan fingerprint density at radius 3 is 2.69 bits per heavy atom. The third kappa shape index (κ3) is 3.99. The normalized spacial score (nSPS) is 28.2. The number of fused-ring (bicyclic) bond motifs is 1. The lowest BCUT2D eigenvalue weighted by Gasteiger charge is -2.44. The molecule has 1 aromatic rings. The predicted molar refractivity (Wildman–Crippen MR) is 108 cm³/mol. The Balaban J connectivity index is 2.21. The van der Waals surface area contributed by atoms with Crippen LogP contribution in [0.2, 0.25) is 0 Å². The molecule has 3 atom stereocenters. The zero-order chi connectivity index (χ0) is 24.1. The third-order valence-electron chi connectivity index (χ3n) is 5.07. The van der Waals surface area contributed by atoms with Crippen molar-refractivity contribution in [1.82, 2.24) is 9.62 Å².